The van der Waals surface area contributed by atoms with E-state index in [4.69, 9.17) is 0 Å². The zero-order chi connectivity index (χ0) is 13.1. The van der Waals surface area contributed by atoms with E-state index < -0.39 is 0 Å². The minimum atomic E-state index is 0.332. The largest absolute Gasteiger partial charge is 0.265 e. The van der Waals surface area contributed by atoms with Gasteiger partial charge in [-0.1, -0.05) is 52.2 Å². The number of halogens is 1. The van der Waals surface area contributed by atoms with Crippen molar-refractivity contribution >= 4 is 15.9 Å². The summed E-state index contributed by atoms with van der Waals surface area (Å²) in [6.07, 6.45) is 3.71. The van der Waals surface area contributed by atoms with E-state index >= 15 is 0 Å². The molecule has 0 radical (unpaired) electrons. The van der Waals surface area contributed by atoms with Crippen molar-refractivity contribution in [1.29, 1.82) is 0 Å². The Bertz CT molecular complexity index is 502. The number of aromatic nitrogens is 1. The molecule has 0 aliphatic rings. The Morgan fingerprint density at radius 3 is 2.06 bits per heavy atom. The first-order chi connectivity index (χ1) is 8.58. The van der Waals surface area contributed by atoms with Crippen molar-refractivity contribution in [2.75, 3.05) is 0 Å². The van der Waals surface area contributed by atoms with Gasteiger partial charge in [0.2, 0.25) is 0 Å². The molecule has 0 saturated heterocycles. The molecule has 2 heteroatoms. The summed E-state index contributed by atoms with van der Waals surface area (Å²) in [6.45, 7) is 6.53. The summed E-state index contributed by atoms with van der Waals surface area (Å²) in [7, 11) is 0. The molecule has 0 amide bonds. The van der Waals surface area contributed by atoms with Gasteiger partial charge in [-0.25, -0.2) is 0 Å². The average Bonchev–Trinajstić information content (AvgIpc) is 2.37. The maximum absolute atomic E-state index is 4.07. The second-order valence-corrected chi connectivity index (χ2v) is 5.88. The fourth-order valence-corrected chi connectivity index (χ4v) is 2.86. The van der Waals surface area contributed by atoms with Crippen LogP contribution in [0, 0.1) is 13.8 Å². The minimum Gasteiger partial charge on any atom is -0.265 e. The summed E-state index contributed by atoms with van der Waals surface area (Å²) in [5.41, 5.74) is 5.29. The molecule has 2 rings (SSSR count). The fraction of sp³-hybridized carbons (Fsp3) is 0.312. The topological polar surface area (TPSA) is 12.9 Å². The predicted octanol–water partition coefficient (Wildman–Crippen LogP) is 4.94. The van der Waals surface area contributed by atoms with Gasteiger partial charge >= 0.3 is 0 Å². The van der Waals surface area contributed by atoms with E-state index in [0.717, 1.165) is 0 Å². The Labute approximate surface area is 117 Å². The third kappa shape index (κ3) is 2.99. The normalized spacial score (nSPS) is 14.2. The van der Waals surface area contributed by atoms with Crippen LogP contribution in [0.2, 0.25) is 0 Å². The van der Waals surface area contributed by atoms with Crippen LogP contribution in [0.3, 0.4) is 0 Å². The molecule has 1 aromatic carbocycles. The van der Waals surface area contributed by atoms with E-state index in [-0.39, 0.29) is 0 Å². The van der Waals surface area contributed by atoms with Crippen molar-refractivity contribution in [2.45, 2.75) is 31.5 Å². The molecule has 0 saturated carbocycles. The van der Waals surface area contributed by atoms with Gasteiger partial charge in [0.25, 0.3) is 0 Å². The summed E-state index contributed by atoms with van der Waals surface area (Å²) in [5, 5.41) is 0. The van der Waals surface area contributed by atoms with Crippen molar-refractivity contribution in [3.63, 3.8) is 0 Å². The van der Waals surface area contributed by atoms with E-state index in [9.17, 15) is 0 Å². The van der Waals surface area contributed by atoms with Gasteiger partial charge in [0.15, 0.2) is 0 Å². The molecule has 0 aliphatic heterocycles. The Hall–Kier alpha value is -1.15. The standard InChI is InChI=1S/C16H18BrN/c1-11-8-12(2)10-15(9-11)16(17)13(3)14-4-6-18-7-5-14/h4-10,13,16H,1-3H3. The first-order valence-corrected chi connectivity index (χ1v) is 7.11. The SMILES string of the molecule is Cc1cc(C)cc(C(Br)C(C)c2ccncc2)c1. The lowest BCUT2D eigenvalue weighted by Crippen LogP contribution is -2.03. The van der Waals surface area contributed by atoms with E-state index in [1.807, 2.05) is 12.4 Å². The highest BCUT2D eigenvalue weighted by Gasteiger charge is 2.18. The zero-order valence-corrected chi connectivity index (χ0v) is 12.6. The number of benzene rings is 1. The molecule has 0 fully saturated rings. The molecule has 1 aromatic heterocycles. The molecule has 2 unspecified atom stereocenters. The van der Waals surface area contributed by atoms with Crippen molar-refractivity contribution < 1.29 is 0 Å². The summed E-state index contributed by atoms with van der Waals surface area (Å²) < 4.78 is 0. The van der Waals surface area contributed by atoms with Crippen molar-refractivity contribution in [2.24, 2.45) is 0 Å². The number of hydrogen-bond acceptors (Lipinski definition) is 1. The quantitative estimate of drug-likeness (QED) is 0.732. The summed E-state index contributed by atoms with van der Waals surface area (Å²) in [6, 6.07) is 10.9. The number of hydrogen-bond donors (Lipinski definition) is 0. The van der Waals surface area contributed by atoms with Crippen LogP contribution < -0.4 is 0 Å². The molecule has 2 atom stereocenters. The summed E-state index contributed by atoms with van der Waals surface area (Å²) in [4.78, 5) is 4.40. The second-order valence-electron chi connectivity index (χ2n) is 4.89. The molecule has 0 bridgehead atoms. The van der Waals surface area contributed by atoms with Gasteiger partial charge in [0.1, 0.15) is 0 Å². The molecule has 0 spiro atoms. The van der Waals surface area contributed by atoms with Crippen LogP contribution >= 0.6 is 15.9 Å². The maximum Gasteiger partial charge on any atom is 0.0461 e. The van der Waals surface area contributed by atoms with Gasteiger partial charge in [-0.15, -0.1) is 0 Å². The van der Waals surface area contributed by atoms with Crippen LogP contribution in [-0.4, -0.2) is 4.98 Å². The van der Waals surface area contributed by atoms with Gasteiger partial charge in [-0.3, -0.25) is 4.98 Å². The van der Waals surface area contributed by atoms with Gasteiger partial charge < -0.3 is 0 Å². The number of pyridine rings is 1. The summed E-state index contributed by atoms with van der Waals surface area (Å²) >= 11 is 3.84. The van der Waals surface area contributed by atoms with Crippen LogP contribution in [0.4, 0.5) is 0 Å². The van der Waals surface area contributed by atoms with Crippen molar-refractivity contribution in [3.8, 4) is 0 Å². The molecule has 94 valence electrons. The Morgan fingerprint density at radius 2 is 1.50 bits per heavy atom. The van der Waals surface area contributed by atoms with E-state index in [1.54, 1.807) is 0 Å². The highest BCUT2D eigenvalue weighted by Crippen LogP contribution is 2.37. The lowest BCUT2D eigenvalue weighted by Gasteiger charge is -2.20. The van der Waals surface area contributed by atoms with Gasteiger partial charge in [0, 0.05) is 17.2 Å². The minimum absolute atomic E-state index is 0.332. The highest BCUT2D eigenvalue weighted by atomic mass is 79.9. The van der Waals surface area contributed by atoms with Crippen molar-refractivity contribution in [3.05, 3.63) is 65.0 Å². The average molecular weight is 304 g/mol. The predicted molar refractivity (Wildman–Crippen MR) is 80.2 cm³/mol. The van der Waals surface area contributed by atoms with E-state index in [1.165, 1.54) is 22.3 Å². The molecular weight excluding hydrogens is 286 g/mol. The Morgan fingerprint density at radius 1 is 0.944 bits per heavy atom. The molecule has 1 nitrogen and oxygen atoms in total. The van der Waals surface area contributed by atoms with Crippen LogP contribution in [0.1, 0.15) is 39.9 Å². The first kappa shape index (κ1) is 13.3. The Balaban J connectivity index is 2.28. The lowest BCUT2D eigenvalue weighted by molar-refractivity contribution is 0.749. The summed E-state index contributed by atoms with van der Waals surface area (Å²) in [5.74, 6) is 0.425. The van der Waals surface area contributed by atoms with Crippen LogP contribution in [-0.2, 0) is 0 Å². The van der Waals surface area contributed by atoms with Crippen molar-refractivity contribution in [1.82, 2.24) is 4.98 Å². The van der Waals surface area contributed by atoms with Crippen LogP contribution in [0.15, 0.2) is 42.7 Å². The fourth-order valence-electron chi connectivity index (χ4n) is 2.29. The van der Waals surface area contributed by atoms with Gasteiger partial charge in [-0.2, -0.15) is 0 Å². The number of alkyl halides is 1. The monoisotopic (exact) mass is 303 g/mol. The molecular formula is C16H18BrN. The number of aryl methyl sites for hydroxylation is 2. The second kappa shape index (κ2) is 5.66. The van der Waals surface area contributed by atoms with E-state index in [0.29, 0.717) is 10.7 Å². The smallest absolute Gasteiger partial charge is 0.0461 e. The number of nitrogens with zero attached hydrogens (tertiary/aromatic N) is 1. The molecule has 0 aliphatic carbocycles. The highest BCUT2D eigenvalue weighted by molar-refractivity contribution is 9.09. The lowest BCUT2D eigenvalue weighted by atomic mass is 9.93. The maximum atomic E-state index is 4.07. The van der Waals surface area contributed by atoms with Gasteiger partial charge in [0.05, 0.1) is 0 Å². The van der Waals surface area contributed by atoms with Gasteiger partial charge in [-0.05, 0) is 43.0 Å². The first-order valence-electron chi connectivity index (χ1n) is 6.20. The molecule has 1 heterocycles. The third-order valence-corrected chi connectivity index (χ3v) is 4.55. The molecule has 0 N–H and O–H groups in total. The molecule has 18 heavy (non-hydrogen) atoms. The van der Waals surface area contributed by atoms with Crippen LogP contribution in [0.5, 0.6) is 0 Å². The number of rotatable bonds is 3. The Kier molecular flexibility index (Phi) is 4.18. The van der Waals surface area contributed by atoms with Crippen LogP contribution in [0.25, 0.3) is 0 Å². The zero-order valence-electron chi connectivity index (χ0n) is 11.0. The third-order valence-electron chi connectivity index (χ3n) is 3.23. The van der Waals surface area contributed by atoms with E-state index in [2.05, 4.69) is 72.0 Å². The molecule has 2 aromatic rings.